The third-order valence-electron chi connectivity index (χ3n) is 5.05. The number of hydrogen-bond donors (Lipinski definition) is 0. The summed E-state index contributed by atoms with van der Waals surface area (Å²) in [5.74, 6) is 0. The summed E-state index contributed by atoms with van der Waals surface area (Å²) in [5, 5.41) is 1.65. The van der Waals surface area contributed by atoms with Crippen molar-refractivity contribution in [1.82, 2.24) is 14.5 Å². The molecule has 0 unspecified atom stereocenters. The minimum atomic E-state index is 0.110. The lowest BCUT2D eigenvalue weighted by Gasteiger charge is -2.30. The zero-order chi connectivity index (χ0) is 18.3. The van der Waals surface area contributed by atoms with Crippen molar-refractivity contribution in [1.29, 1.82) is 0 Å². The van der Waals surface area contributed by atoms with Crippen LogP contribution >= 0.6 is 23.1 Å². The maximum atomic E-state index is 13.4. The maximum Gasteiger partial charge on any atom is 0.263 e. The lowest BCUT2D eigenvalue weighted by Crippen LogP contribution is -2.35. The molecule has 4 rings (SSSR count). The van der Waals surface area contributed by atoms with Crippen LogP contribution in [0.4, 0.5) is 0 Å². The van der Waals surface area contributed by atoms with Crippen LogP contribution in [0.5, 0.6) is 0 Å². The lowest BCUT2D eigenvalue weighted by molar-refractivity contribution is 0.206. The van der Waals surface area contributed by atoms with E-state index in [1.807, 2.05) is 29.0 Å². The summed E-state index contributed by atoms with van der Waals surface area (Å²) in [5.41, 5.74) is 2.47. The molecule has 26 heavy (non-hydrogen) atoms. The van der Waals surface area contributed by atoms with E-state index in [9.17, 15) is 4.79 Å². The number of thiophene rings is 1. The van der Waals surface area contributed by atoms with Gasteiger partial charge in [0, 0.05) is 24.0 Å². The van der Waals surface area contributed by atoms with E-state index in [2.05, 4.69) is 30.9 Å². The van der Waals surface area contributed by atoms with Gasteiger partial charge in [-0.05, 0) is 37.7 Å². The minimum absolute atomic E-state index is 0.110. The second-order valence-corrected chi connectivity index (χ2v) is 8.83. The fraction of sp³-hybridized carbons (Fsp3) is 0.400. The predicted octanol–water partition coefficient (Wildman–Crippen LogP) is 3.99. The molecule has 1 aliphatic rings. The molecule has 2 aromatic heterocycles. The van der Waals surface area contributed by atoms with Crippen molar-refractivity contribution >= 4 is 33.3 Å². The molecular formula is C20H23N3OS2. The summed E-state index contributed by atoms with van der Waals surface area (Å²) in [7, 11) is 0. The van der Waals surface area contributed by atoms with E-state index in [0.29, 0.717) is 12.6 Å². The van der Waals surface area contributed by atoms with Gasteiger partial charge in [0.05, 0.1) is 11.9 Å². The first-order valence-electron chi connectivity index (χ1n) is 8.95. The molecule has 6 heteroatoms. The molecule has 1 aromatic carbocycles. The van der Waals surface area contributed by atoms with Crippen LogP contribution in [-0.4, -0.2) is 33.3 Å². The molecule has 0 atom stereocenters. The van der Waals surface area contributed by atoms with E-state index in [1.54, 1.807) is 23.1 Å². The molecule has 0 saturated carbocycles. The lowest BCUT2D eigenvalue weighted by atomic mass is 10.0. The van der Waals surface area contributed by atoms with Crippen molar-refractivity contribution in [3.63, 3.8) is 0 Å². The highest BCUT2D eigenvalue weighted by Crippen LogP contribution is 2.34. The summed E-state index contributed by atoms with van der Waals surface area (Å²) >= 11 is 3.24. The molecule has 3 aromatic rings. The van der Waals surface area contributed by atoms with E-state index in [4.69, 9.17) is 4.98 Å². The van der Waals surface area contributed by atoms with Crippen molar-refractivity contribution < 1.29 is 0 Å². The molecule has 0 spiro atoms. The van der Waals surface area contributed by atoms with Crippen LogP contribution in [0.15, 0.2) is 40.3 Å². The molecule has 0 radical (unpaired) electrons. The standard InChI is InChI=1S/C20H23N3OS2/c1-13(2)22-10-9-15-16(12-22)26-18-17(15)19(24)23(20(21-18)25-3)11-14-7-5-4-6-8-14/h4-8,13H,9-12H2,1-3H3. The van der Waals surface area contributed by atoms with E-state index in [0.717, 1.165) is 40.4 Å². The first-order chi connectivity index (χ1) is 12.6. The number of benzene rings is 1. The van der Waals surface area contributed by atoms with Gasteiger partial charge in [0.25, 0.3) is 5.56 Å². The topological polar surface area (TPSA) is 38.1 Å². The summed E-state index contributed by atoms with van der Waals surface area (Å²) in [6.07, 6.45) is 2.93. The number of hydrogen-bond acceptors (Lipinski definition) is 5. The van der Waals surface area contributed by atoms with Crippen molar-refractivity contribution in [2.24, 2.45) is 0 Å². The zero-order valence-corrected chi connectivity index (χ0v) is 17.0. The molecule has 0 bridgehead atoms. The SMILES string of the molecule is CSc1nc2sc3c(c2c(=O)n1Cc1ccccc1)CCN(C(C)C)C3. The van der Waals surface area contributed by atoms with E-state index in [-0.39, 0.29) is 5.56 Å². The van der Waals surface area contributed by atoms with Crippen LogP contribution in [0.1, 0.15) is 29.9 Å². The number of aromatic nitrogens is 2. The molecule has 1 aliphatic heterocycles. The fourth-order valence-corrected chi connectivity index (χ4v) is 5.42. The fourth-order valence-electron chi connectivity index (χ4n) is 3.58. The Morgan fingerprint density at radius 3 is 2.73 bits per heavy atom. The van der Waals surface area contributed by atoms with Gasteiger partial charge in [-0.25, -0.2) is 4.98 Å². The van der Waals surface area contributed by atoms with Crippen LogP contribution in [0, 0.1) is 0 Å². The van der Waals surface area contributed by atoms with E-state index >= 15 is 0 Å². The highest BCUT2D eigenvalue weighted by molar-refractivity contribution is 7.98. The molecule has 0 saturated heterocycles. The smallest absolute Gasteiger partial charge is 0.263 e. The number of rotatable bonds is 4. The Hall–Kier alpha value is -1.63. The molecule has 4 nitrogen and oxygen atoms in total. The summed E-state index contributed by atoms with van der Waals surface area (Å²) in [4.78, 5) is 22.9. The first kappa shape index (κ1) is 17.8. The van der Waals surface area contributed by atoms with Gasteiger partial charge >= 0.3 is 0 Å². The third kappa shape index (κ3) is 3.10. The second-order valence-electron chi connectivity index (χ2n) is 6.97. The Kier molecular flexibility index (Phi) is 4.90. The van der Waals surface area contributed by atoms with Gasteiger partial charge in [0.2, 0.25) is 0 Å². The van der Waals surface area contributed by atoms with Crippen molar-refractivity contribution in [3.05, 3.63) is 56.7 Å². The zero-order valence-electron chi connectivity index (χ0n) is 15.4. The molecule has 0 aliphatic carbocycles. The third-order valence-corrected chi connectivity index (χ3v) is 6.84. The van der Waals surface area contributed by atoms with Crippen molar-refractivity contribution in [3.8, 4) is 0 Å². The molecule has 0 fully saturated rings. The Labute approximate surface area is 161 Å². The van der Waals surface area contributed by atoms with Crippen molar-refractivity contribution in [2.75, 3.05) is 12.8 Å². The van der Waals surface area contributed by atoms with Crippen LogP contribution in [0.25, 0.3) is 10.2 Å². The molecule has 3 heterocycles. The first-order valence-corrected chi connectivity index (χ1v) is 11.0. The quantitative estimate of drug-likeness (QED) is 0.503. The van der Waals surface area contributed by atoms with Crippen LogP contribution in [0.2, 0.25) is 0 Å². The highest BCUT2D eigenvalue weighted by Gasteiger charge is 2.26. The second kappa shape index (κ2) is 7.18. The summed E-state index contributed by atoms with van der Waals surface area (Å²) < 4.78 is 1.84. The van der Waals surface area contributed by atoms with E-state index in [1.165, 1.54) is 10.4 Å². The van der Waals surface area contributed by atoms with Crippen LogP contribution in [0.3, 0.4) is 0 Å². The van der Waals surface area contributed by atoms with Gasteiger partial charge in [-0.1, -0.05) is 42.1 Å². The van der Waals surface area contributed by atoms with Crippen LogP contribution in [-0.2, 0) is 19.5 Å². The van der Waals surface area contributed by atoms with Gasteiger partial charge in [-0.15, -0.1) is 11.3 Å². The summed E-state index contributed by atoms with van der Waals surface area (Å²) in [6, 6.07) is 10.7. The largest absolute Gasteiger partial charge is 0.296 e. The van der Waals surface area contributed by atoms with Crippen LogP contribution < -0.4 is 5.56 Å². The number of thioether (sulfide) groups is 1. The molecule has 0 N–H and O–H groups in total. The monoisotopic (exact) mass is 385 g/mol. The number of nitrogens with zero attached hydrogens (tertiary/aromatic N) is 3. The molecule has 0 amide bonds. The van der Waals surface area contributed by atoms with Gasteiger partial charge in [0.1, 0.15) is 4.83 Å². The summed E-state index contributed by atoms with van der Waals surface area (Å²) in [6.45, 7) is 6.98. The van der Waals surface area contributed by atoms with E-state index < -0.39 is 0 Å². The van der Waals surface area contributed by atoms with Gasteiger partial charge in [0.15, 0.2) is 5.16 Å². The Morgan fingerprint density at radius 1 is 1.27 bits per heavy atom. The molecule has 136 valence electrons. The Morgan fingerprint density at radius 2 is 2.04 bits per heavy atom. The minimum Gasteiger partial charge on any atom is -0.296 e. The highest BCUT2D eigenvalue weighted by atomic mass is 32.2. The average Bonchev–Trinajstić information content (AvgIpc) is 3.02. The normalized spacial score (nSPS) is 14.9. The van der Waals surface area contributed by atoms with Crippen molar-refractivity contribution in [2.45, 2.75) is 44.6 Å². The number of fused-ring (bicyclic) bond motifs is 3. The average molecular weight is 386 g/mol. The van der Waals surface area contributed by atoms with Gasteiger partial charge in [-0.3, -0.25) is 14.3 Å². The van der Waals surface area contributed by atoms with Gasteiger partial charge in [-0.2, -0.15) is 0 Å². The molecular weight excluding hydrogens is 362 g/mol. The van der Waals surface area contributed by atoms with Gasteiger partial charge < -0.3 is 0 Å². The maximum absolute atomic E-state index is 13.4. The Balaban J connectivity index is 1.84. The predicted molar refractivity (Wildman–Crippen MR) is 110 cm³/mol. The Bertz CT molecular complexity index is 992.